The fraction of sp³-hybridized carbons (Fsp3) is 0.375. The summed E-state index contributed by atoms with van der Waals surface area (Å²) in [5.41, 5.74) is 4.35. The van der Waals surface area contributed by atoms with Crippen molar-refractivity contribution in [2.45, 2.75) is 37.0 Å². The average Bonchev–Trinajstić information content (AvgIpc) is 2.38. The molecule has 2 rings (SSSR count). The minimum Gasteiger partial charge on any atom is -0.254 e. The van der Waals surface area contributed by atoms with Crippen LogP contribution in [0.5, 0.6) is 0 Å². The second-order valence-electron chi connectivity index (χ2n) is 5.54. The molecule has 0 aliphatic heterocycles. The molecule has 0 saturated carbocycles. The summed E-state index contributed by atoms with van der Waals surface area (Å²) in [6.45, 7) is 8.71. The van der Waals surface area contributed by atoms with E-state index in [0.29, 0.717) is 5.92 Å². The zero-order chi connectivity index (χ0) is 14.0. The lowest BCUT2D eigenvalue weighted by molar-refractivity contribution is 0.820. The highest BCUT2D eigenvalue weighted by Gasteiger charge is 2.16. The zero-order valence-corrected chi connectivity index (χ0v) is 14.0. The van der Waals surface area contributed by atoms with Crippen LogP contribution in [-0.4, -0.2) is 9.97 Å². The van der Waals surface area contributed by atoms with Gasteiger partial charge >= 0.3 is 0 Å². The van der Waals surface area contributed by atoms with Crippen LogP contribution in [0.25, 0.3) is 11.4 Å². The first-order valence-corrected chi connectivity index (χ1v) is 7.57. The minimum atomic E-state index is 0.109. The first kappa shape index (κ1) is 14.4. The molecule has 0 unspecified atom stereocenters. The molecule has 0 radical (unpaired) electrons. The van der Waals surface area contributed by atoms with Gasteiger partial charge in [0.1, 0.15) is 0 Å². The van der Waals surface area contributed by atoms with Crippen LogP contribution in [0, 0.1) is 0 Å². The quantitative estimate of drug-likeness (QED) is 0.568. The Morgan fingerprint density at radius 2 is 1.53 bits per heavy atom. The number of hydrogen-bond acceptors (Lipinski definition) is 2. The number of alkyl halides is 1. The molecule has 0 atom stereocenters. The second kappa shape index (κ2) is 5.57. The van der Waals surface area contributed by atoms with Crippen molar-refractivity contribution >= 4 is 22.6 Å². The number of rotatable bonds is 3. The van der Waals surface area contributed by atoms with Crippen LogP contribution in [0.2, 0.25) is 0 Å². The van der Waals surface area contributed by atoms with Crippen molar-refractivity contribution in [3.8, 4) is 11.4 Å². The summed E-state index contributed by atoms with van der Waals surface area (Å²) >= 11 is 2.42. The Morgan fingerprint density at radius 3 is 1.89 bits per heavy atom. The zero-order valence-electron chi connectivity index (χ0n) is 11.8. The Balaban J connectivity index is 2.27. The smallest absolute Gasteiger partial charge is 0.0886 e. The fourth-order valence-electron chi connectivity index (χ4n) is 1.80. The number of halogens is 1. The molecule has 3 heteroatoms. The first-order valence-electron chi connectivity index (χ1n) is 6.49. The average molecular weight is 366 g/mol. The summed E-state index contributed by atoms with van der Waals surface area (Å²) in [4.78, 5) is 9.02. The van der Waals surface area contributed by atoms with Crippen LogP contribution in [-0.2, 0) is 3.42 Å². The molecule has 0 amide bonds. The molecule has 2 aromatic rings. The molecular formula is C16H19IN2. The van der Waals surface area contributed by atoms with Gasteiger partial charge in [0, 0.05) is 15.8 Å². The van der Waals surface area contributed by atoms with Gasteiger partial charge in [-0.05, 0) is 43.0 Å². The van der Waals surface area contributed by atoms with Gasteiger partial charge in [-0.2, -0.15) is 0 Å². The highest BCUT2D eigenvalue weighted by Crippen LogP contribution is 2.30. The van der Waals surface area contributed by atoms with Crippen molar-refractivity contribution in [3.63, 3.8) is 0 Å². The molecule has 0 N–H and O–H groups in total. The molecular weight excluding hydrogens is 347 g/mol. The van der Waals surface area contributed by atoms with Crippen LogP contribution in [0.4, 0.5) is 0 Å². The van der Waals surface area contributed by atoms with Crippen molar-refractivity contribution in [1.82, 2.24) is 9.97 Å². The predicted molar refractivity (Wildman–Crippen MR) is 88.6 cm³/mol. The molecule has 2 aromatic heterocycles. The van der Waals surface area contributed by atoms with E-state index in [0.717, 1.165) is 11.4 Å². The maximum atomic E-state index is 4.52. The molecule has 0 aromatic carbocycles. The minimum absolute atomic E-state index is 0.109. The van der Waals surface area contributed by atoms with Crippen LogP contribution < -0.4 is 0 Å². The Hall–Kier alpha value is -0.970. The number of aromatic nitrogens is 2. The van der Waals surface area contributed by atoms with E-state index in [2.05, 4.69) is 72.4 Å². The Kier molecular flexibility index (Phi) is 4.23. The third kappa shape index (κ3) is 3.53. The van der Waals surface area contributed by atoms with Crippen LogP contribution in [0.1, 0.15) is 44.7 Å². The van der Waals surface area contributed by atoms with Gasteiger partial charge in [-0.1, -0.05) is 48.6 Å². The standard InChI is InChI=1S/C16H19IN2/c1-11(2)12-5-7-14(18-9-12)15-8-6-13(10-19-15)16(3,4)17/h5-11H,1-4H3. The monoisotopic (exact) mass is 366 g/mol. The predicted octanol–water partition coefficient (Wildman–Crippen LogP) is 4.94. The molecule has 0 aliphatic rings. The van der Waals surface area contributed by atoms with Crippen molar-refractivity contribution in [3.05, 3.63) is 47.8 Å². The Bertz CT molecular complexity index is 536. The van der Waals surface area contributed by atoms with E-state index in [-0.39, 0.29) is 3.42 Å². The largest absolute Gasteiger partial charge is 0.254 e. The third-order valence-electron chi connectivity index (χ3n) is 3.17. The maximum absolute atomic E-state index is 4.52. The van der Waals surface area contributed by atoms with Crippen molar-refractivity contribution < 1.29 is 0 Å². The molecule has 0 aliphatic carbocycles. The normalized spacial score (nSPS) is 11.9. The van der Waals surface area contributed by atoms with Crippen molar-refractivity contribution in [1.29, 1.82) is 0 Å². The van der Waals surface area contributed by atoms with E-state index in [1.807, 2.05) is 24.5 Å². The summed E-state index contributed by atoms with van der Waals surface area (Å²) < 4.78 is 0.109. The number of nitrogens with zero attached hydrogens (tertiary/aromatic N) is 2. The summed E-state index contributed by atoms with van der Waals surface area (Å²) in [6, 6.07) is 8.36. The first-order chi connectivity index (χ1) is 8.88. The maximum Gasteiger partial charge on any atom is 0.0886 e. The van der Waals surface area contributed by atoms with Gasteiger partial charge < -0.3 is 0 Å². The topological polar surface area (TPSA) is 25.8 Å². The summed E-state index contributed by atoms with van der Waals surface area (Å²) in [7, 11) is 0. The molecule has 2 nitrogen and oxygen atoms in total. The molecule has 0 bridgehead atoms. The van der Waals surface area contributed by atoms with Gasteiger partial charge in [0.15, 0.2) is 0 Å². The molecule has 2 heterocycles. The molecule has 100 valence electrons. The van der Waals surface area contributed by atoms with Gasteiger partial charge in [0.25, 0.3) is 0 Å². The second-order valence-corrected chi connectivity index (χ2v) is 8.23. The third-order valence-corrected chi connectivity index (χ3v) is 3.79. The summed E-state index contributed by atoms with van der Waals surface area (Å²) in [5, 5.41) is 0. The van der Waals surface area contributed by atoms with Crippen molar-refractivity contribution in [2.24, 2.45) is 0 Å². The Morgan fingerprint density at radius 1 is 0.947 bits per heavy atom. The van der Waals surface area contributed by atoms with Gasteiger partial charge in [-0.25, -0.2) is 0 Å². The molecule has 0 spiro atoms. The van der Waals surface area contributed by atoms with E-state index in [1.165, 1.54) is 11.1 Å². The van der Waals surface area contributed by atoms with Crippen LogP contribution in [0.15, 0.2) is 36.7 Å². The summed E-state index contributed by atoms with van der Waals surface area (Å²) in [6.07, 6.45) is 3.89. The van der Waals surface area contributed by atoms with E-state index < -0.39 is 0 Å². The lowest BCUT2D eigenvalue weighted by Crippen LogP contribution is -2.06. The van der Waals surface area contributed by atoms with E-state index >= 15 is 0 Å². The molecule has 0 fully saturated rings. The van der Waals surface area contributed by atoms with Crippen LogP contribution in [0.3, 0.4) is 0 Å². The van der Waals surface area contributed by atoms with Gasteiger partial charge in [0.2, 0.25) is 0 Å². The molecule has 19 heavy (non-hydrogen) atoms. The fourth-order valence-corrected chi connectivity index (χ4v) is 2.11. The van der Waals surface area contributed by atoms with Crippen LogP contribution >= 0.6 is 22.6 Å². The number of hydrogen-bond donors (Lipinski definition) is 0. The van der Waals surface area contributed by atoms with Crippen molar-refractivity contribution in [2.75, 3.05) is 0 Å². The van der Waals surface area contributed by atoms with Gasteiger partial charge in [0.05, 0.1) is 11.4 Å². The molecule has 0 saturated heterocycles. The number of pyridine rings is 2. The lowest BCUT2D eigenvalue weighted by Gasteiger charge is -2.16. The SMILES string of the molecule is CC(C)c1ccc(-c2ccc(C(C)(C)I)cn2)nc1. The van der Waals surface area contributed by atoms with E-state index in [9.17, 15) is 0 Å². The Labute approximate surface area is 128 Å². The van der Waals surface area contributed by atoms with E-state index in [1.54, 1.807) is 0 Å². The van der Waals surface area contributed by atoms with Gasteiger partial charge in [-0.15, -0.1) is 0 Å². The highest BCUT2D eigenvalue weighted by atomic mass is 127. The van der Waals surface area contributed by atoms with Gasteiger partial charge in [-0.3, -0.25) is 9.97 Å². The summed E-state index contributed by atoms with van der Waals surface area (Å²) in [5.74, 6) is 0.511. The lowest BCUT2D eigenvalue weighted by atomic mass is 10.0. The van der Waals surface area contributed by atoms with E-state index in [4.69, 9.17) is 0 Å². The highest BCUT2D eigenvalue weighted by molar-refractivity contribution is 14.1.